The van der Waals surface area contributed by atoms with Gasteiger partial charge in [0.05, 0.1) is 11.1 Å². The molecule has 1 saturated carbocycles. The molecule has 3 aromatic rings. The van der Waals surface area contributed by atoms with E-state index in [1.165, 1.54) is 0 Å². The van der Waals surface area contributed by atoms with Crippen molar-refractivity contribution in [3.8, 4) is 0 Å². The van der Waals surface area contributed by atoms with Crippen LogP contribution in [0.5, 0.6) is 0 Å². The summed E-state index contributed by atoms with van der Waals surface area (Å²) in [5.74, 6) is 1.86. The Balaban J connectivity index is 1.42. The number of hydrogen-bond acceptors (Lipinski definition) is 7. The van der Waals surface area contributed by atoms with Gasteiger partial charge in [0.15, 0.2) is 5.65 Å². The third-order valence-electron chi connectivity index (χ3n) is 7.07. The van der Waals surface area contributed by atoms with Crippen molar-refractivity contribution in [2.75, 3.05) is 23.7 Å². The topological polar surface area (TPSA) is 118 Å². The van der Waals surface area contributed by atoms with E-state index >= 15 is 0 Å². The Hall–Kier alpha value is -2.69. The largest absolute Gasteiger partial charge is 0.367 e. The molecule has 3 heterocycles. The molecule has 0 atom stereocenters. The molecule has 1 aliphatic heterocycles. The second-order valence-corrected chi connectivity index (χ2v) is 12.0. The number of sulfonamides is 1. The third-order valence-corrected chi connectivity index (χ3v) is 8.99. The van der Waals surface area contributed by atoms with Gasteiger partial charge < -0.3 is 16.4 Å². The highest BCUT2D eigenvalue weighted by atomic mass is 32.2. The number of anilines is 3. The fraction of sp³-hybridized carbons (Fsp3) is 0.520. The van der Waals surface area contributed by atoms with Crippen molar-refractivity contribution in [2.45, 2.75) is 75.3 Å². The van der Waals surface area contributed by atoms with E-state index in [1.807, 2.05) is 16.8 Å². The molecular weight excluding hydrogens is 462 g/mol. The van der Waals surface area contributed by atoms with Crippen LogP contribution in [0.3, 0.4) is 0 Å². The van der Waals surface area contributed by atoms with Crippen LogP contribution in [-0.2, 0) is 10.0 Å². The highest BCUT2D eigenvalue weighted by Gasteiger charge is 2.27. The zero-order chi connectivity index (χ0) is 24.6. The third kappa shape index (κ3) is 5.00. The van der Waals surface area contributed by atoms with Gasteiger partial charge >= 0.3 is 0 Å². The van der Waals surface area contributed by atoms with Crippen molar-refractivity contribution in [3.05, 3.63) is 42.1 Å². The molecule has 0 unspecified atom stereocenters. The maximum atomic E-state index is 12.9. The summed E-state index contributed by atoms with van der Waals surface area (Å²) in [5, 5.41) is 11.6. The summed E-state index contributed by atoms with van der Waals surface area (Å²) >= 11 is 0. The Morgan fingerprint density at radius 3 is 2.40 bits per heavy atom. The quantitative estimate of drug-likeness (QED) is 0.450. The maximum absolute atomic E-state index is 12.9. The molecule has 35 heavy (non-hydrogen) atoms. The lowest BCUT2D eigenvalue weighted by Crippen LogP contribution is -2.33. The van der Waals surface area contributed by atoms with Crippen LogP contribution in [0.1, 0.15) is 63.9 Å². The maximum Gasteiger partial charge on any atom is 0.243 e. The van der Waals surface area contributed by atoms with Crippen molar-refractivity contribution < 1.29 is 8.42 Å². The van der Waals surface area contributed by atoms with Gasteiger partial charge in [-0.25, -0.2) is 13.4 Å². The molecule has 0 bridgehead atoms. The summed E-state index contributed by atoms with van der Waals surface area (Å²) in [6.07, 6.45) is 7.79. The molecule has 0 spiro atoms. The summed E-state index contributed by atoms with van der Waals surface area (Å²) < 4.78 is 29.1. The SMILES string of the molecule is CC(C)c1cnn2c(Nc3ccc(S(=O)(=O)N4CCCC4)cc3)cc(N[C@H]3CC[C@H](N)CC3)nc12. The number of nitrogens with one attached hydrogen (secondary N) is 2. The van der Waals surface area contributed by atoms with E-state index in [1.54, 1.807) is 28.6 Å². The van der Waals surface area contributed by atoms with Crippen LogP contribution in [-0.4, -0.2) is 52.5 Å². The van der Waals surface area contributed by atoms with Crippen LogP contribution >= 0.6 is 0 Å². The average molecular weight is 498 g/mol. The van der Waals surface area contributed by atoms with Crippen molar-refractivity contribution in [2.24, 2.45) is 5.73 Å². The van der Waals surface area contributed by atoms with Crippen LogP contribution in [0.4, 0.5) is 17.3 Å². The number of fused-ring (bicyclic) bond motifs is 1. The number of hydrogen-bond donors (Lipinski definition) is 3. The zero-order valence-electron chi connectivity index (χ0n) is 20.4. The smallest absolute Gasteiger partial charge is 0.243 e. The molecule has 1 saturated heterocycles. The van der Waals surface area contributed by atoms with Crippen LogP contribution in [0.25, 0.3) is 5.65 Å². The molecule has 188 valence electrons. The number of nitrogens with two attached hydrogens (primary N) is 1. The first-order valence-electron chi connectivity index (χ1n) is 12.6. The van der Waals surface area contributed by atoms with Crippen LogP contribution in [0.2, 0.25) is 0 Å². The van der Waals surface area contributed by atoms with Crippen LogP contribution < -0.4 is 16.4 Å². The Morgan fingerprint density at radius 2 is 1.74 bits per heavy atom. The van der Waals surface area contributed by atoms with Gasteiger partial charge in [-0.3, -0.25) is 0 Å². The second kappa shape index (κ2) is 9.75. The van der Waals surface area contributed by atoms with E-state index in [0.717, 1.165) is 67.1 Å². The van der Waals surface area contributed by atoms with Gasteiger partial charge in [0.1, 0.15) is 11.6 Å². The van der Waals surface area contributed by atoms with E-state index in [4.69, 9.17) is 10.7 Å². The van der Waals surface area contributed by atoms with Gasteiger partial charge in [0.25, 0.3) is 0 Å². The van der Waals surface area contributed by atoms with Gasteiger partial charge in [-0.15, -0.1) is 0 Å². The minimum Gasteiger partial charge on any atom is -0.367 e. The van der Waals surface area contributed by atoms with Crippen molar-refractivity contribution in [1.29, 1.82) is 0 Å². The van der Waals surface area contributed by atoms with Gasteiger partial charge in [-0.05, 0) is 68.7 Å². The molecule has 2 aromatic heterocycles. The van der Waals surface area contributed by atoms with Gasteiger partial charge in [0.2, 0.25) is 10.0 Å². The molecule has 9 nitrogen and oxygen atoms in total. The minimum atomic E-state index is -3.44. The lowest BCUT2D eigenvalue weighted by Gasteiger charge is -2.27. The molecule has 2 aliphatic rings. The fourth-order valence-corrected chi connectivity index (χ4v) is 6.48. The number of benzene rings is 1. The first kappa shape index (κ1) is 24.0. The van der Waals surface area contributed by atoms with E-state index in [-0.39, 0.29) is 5.92 Å². The van der Waals surface area contributed by atoms with Crippen molar-refractivity contribution >= 4 is 33.0 Å². The molecule has 5 rings (SSSR count). The summed E-state index contributed by atoms with van der Waals surface area (Å²) in [6.45, 7) is 5.46. The molecule has 1 aliphatic carbocycles. The average Bonchev–Trinajstić information content (AvgIpc) is 3.52. The Kier molecular flexibility index (Phi) is 6.69. The minimum absolute atomic E-state index is 0.283. The molecule has 4 N–H and O–H groups in total. The lowest BCUT2D eigenvalue weighted by atomic mass is 9.92. The monoisotopic (exact) mass is 497 g/mol. The highest BCUT2D eigenvalue weighted by Crippen LogP contribution is 2.29. The van der Waals surface area contributed by atoms with E-state index < -0.39 is 10.0 Å². The fourth-order valence-electron chi connectivity index (χ4n) is 4.96. The first-order valence-corrected chi connectivity index (χ1v) is 14.0. The van der Waals surface area contributed by atoms with E-state index in [0.29, 0.717) is 30.1 Å². The molecule has 0 amide bonds. The number of rotatable bonds is 7. The van der Waals surface area contributed by atoms with E-state index in [9.17, 15) is 8.42 Å². The van der Waals surface area contributed by atoms with Crippen molar-refractivity contribution in [1.82, 2.24) is 18.9 Å². The molecule has 0 radical (unpaired) electrons. The summed E-state index contributed by atoms with van der Waals surface area (Å²) in [6, 6.07) is 9.55. The summed E-state index contributed by atoms with van der Waals surface area (Å²) in [5.41, 5.74) is 8.76. The second-order valence-electron chi connectivity index (χ2n) is 10.0. The Morgan fingerprint density at radius 1 is 1.06 bits per heavy atom. The molecule has 2 fully saturated rings. The first-order chi connectivity index (χ1) is 16.8. The predicted molar refractivity (Wildman–Crippen MR) is 139 cm³/mol. The standard InChI is InChI=1S/C25H35N7O2S/c1-17(2)22-16-27-32-24(15-23(30-25(22)32)28-19-7-5-18(26)6-8-19)29-20-9-11-21(12-10-20)35(33,34)31-13-3-4-14-31/h9-12,15-19,29H,3-8,13-14,26H2,1-2H3,(H,28,30)/t18-,19-. The van der Waals surface area contributed by atoms with Crippen LogP contribution in [0.15, 0.2) is 41.4 Å². The normalized spacial score (nSPS) is 21.6. The summed E-state index contributed by atoms with van der Waals surface area (Å²) in [7, 11) is -3.44. The summed E-state index contributed by atoms with van der Waals surface area (Å²) in [4.78, 5) is 5.22. The zero-order valence-corrected chi connectivity index (χ0v) is 21.3. The van der Waals surface area contributed by atoms with E-state index in [2.05, 4.69) is 29.6 Å². The number of aromatic nitrogens is 3. The Bertz CT molecular complexity index is 1270. The van der Waals surface area contributed by atoms with Crippen LogP contribution in [0, 0.1) is 0 Å². The molecule has 1 aromatic carbocycles. The lowest BCUT2D eigenvalue weighted by molar-refractivity contribution is 0.410. The molecule has 10 heteroatoms. The predicted octanol–water partition coefficient (Wildman–Crippen LogP) is 4.06. The Labute approximate surface area is 207 Å². The van der Waals surface area contributed by atoms with Gasteiger partial charge in [-0.2, -0.15) is 13.9 Å². The number of nitrogens with zero attached hydrogens (tertiary/aromatic N) is 4. The highest BCUT2D eigenvalue weighted by molar-refractivity contribution is 7.89. The van der Waals surface area contributed by atoms with Gasteiger partial charge in [0, 0.05) is 42.5 Å². The molecular formula is C25H35N7O2S. The van der Waals surface area contributed by atoms with Crippen molar-refractivity contribution in [3.63, 3.8) is 0 Å². The van der Waals surface area contributed by atoms with Gasteiger partial charge in [-0.1, -0.05) is 13.8 Å².